The van der Waals surface area contributed by atoms with E-state index in [-0.39, 0.29) is 6.04 Å². The van der Waals surface area contributed by atoms with Crippen molar-refractivity contribution in [3.8, 4) is 0 Å². The predicted molar refractivity (Wildman–Crippen MR) is 72.1 cm³/mol. The van der Waals surface area contributed by atoms with E-state index in [0.29, 0.717) is 0 Å². The molecule has 3 nitrogen and oxygen atoms in total. The van der Waals surface area contributed by atoms with Crippen LogP contribution in [0, 0.1) is 5.92 Å². The summed E-state index contributed by atoms with van der Waals surface area (Å²) >= 11 is 0. The molecule has 1 aromatic heterocycles. The number of pyridine rings is 1. The molecule has 0 bridgehead atoms. The van der Waals surface area contributed by atoms with Gasteiger partial charge in [0.15, 0.2) is 0 Å². The molecule has 2 rings (SSSR count). The summed E-state index contributed by atoms with van der Waals surface area (Å²) < 4.78 is 0. The first-order valence-electron chi connectivity index (χ1n) is 6.67. The Labute approximate surface area is 104 Å². The maximum Gasteiger partial charge on any atom is 0.128 e. The Morgan fingerprint density at radius 3 is 2.94 bits per heavy atom. The maximum atomic E-state index is 5.83. The molecule has 2 unspecified atom stereocenters. The number of nitrogens with zero attached hydrogens (tertiary/aromatic N) is 2. The van der Waals surface area contributed by atoms with Crippen molar-refractivity contribution in [1.82, 2.24) is 4.98 Å². The summed E-state index contributed by atoms with van der Waals surface area (Å²) in [6.07, 6.45) is 5.84. The maximum absolute atomic E-state index is 5.83. The Morgan fingerprint density at radius 1 is 1.53 bits per heavy atom. The lowest BCUT2D eigenvalue weighted by molar-refractivity contribution is 0.403. The summed E-state index contributed by atoms with van der Waals surface area (Å²) in [7, 11) is 0. The average molecular weight is 233 g/mol. The van der Waals surface area contributed by atoms with Gasteiger partial charge >= 0.3 is 0 Å². The van der Waals surface area contributed by atoms with Crippen LogP contribution in [0.25, 0.3) is 0 Å². The molecule has 0 spiro atoms. The van der Waals surface area contributed by atoms with E-state index in [9.17, 15) is 0 Å². The first kappa shape index (κ1) is 12.4. The minimum absolute atomic E-state index is 0.0706. The highest BCUT2D eigenvalue weighted by Crippen LogP contribution is 2.23. The summed E-state index contributed by atoms with van der Waals surface area (Å²) in [6, 6.07) is 4.28. The van der Waals surface area contributed by atoms with Crippen LogP contribution in [0.5, 0.6) is 0 Å². The fourth-order valence-electron chi connectivity index (χ4n) is 2.46. The molecule has 3 heteroatoms. The molecule has 1 fully saturated rings. The summed E-state index contributed by atoms with van der Waals surface area (Å²) in [5.41, 5.74) is 6.94. The standard InChI is InChI=1S/C14H23N3/c1-3-12-5-4-8-17(10-12)14-7-6-13(9-16-14)11(2)15/h6-7,9,11-12H,3-5,8,10,15H2,1-2H3. The van der Waals surface area contributed by atoms with E-state index in [0.717, 1.165) is 30.4 Å². The number of aromatic nitrogens is 1. The minimum Gasteiger partial charge on any atom is -0.356 e. The zero-order valence-corrected chi connectivity index (χ0v) is 10.9. The fourth-order valence-corrected chi connectivity index (χ4v) is 2.46. The van der Waals surface area contributed by atoms with E-state index in [4.69, 9.17) is 5.73 Å². The van der Waals surface area contributed by atoms with Gasteiger partial charge in [0, 0.05) is 25.3 Å². The Morgan fingerprint density at radius 2 is 2.35 bits per heavy atom. The smallest absolute Gasteiger partial charge is 0.128 e. The number of nitrogens with two attached hydrogens (primary N) is 1. The second-order valence-electron chi connectivity index (χ2n) is 5.10. The summed E-state index contributed by atoms with van der Waals surface area (Å²) in [4.78, 5) is 6.94. The Hall–Kier alpha value is -1.09. The normalized spacial score (nSPS) is 22.5. The molecule has 2 N–H and O–H groups in total. The van der Waals surface area contributed by atoms with Crippen LogP contribution < -0.4 is 10.6 Å². The van der Waals surface area contributed by atoms with Crippen molar-refractivity contribution in [3.63, 3.8) is 0 Å². The fraction of sp³-hybridized carbons (Fsp3) is 0.643. The van der Waals surface area contributed by atoms with E-state index < -0.39 is 0 Å². The van der Waals surface area contributed by atoms with Crippen LogP contribution in [0.2, 0.25) is 0 Å². The Bertz CT molecular complexity index is 345. The molecule has 2 atom stereocenters. The number of hydrogen-bond donors (Lipinski definition) is 1. The molecule has 1 aromatic rings. The molecule has 2 heterocycles. The lowest BCUT2D eigenvalue weighted by atomic mass is 9.96. The van der Waals surface area contributed by atoms with E-state index in [1.807, 2.05) is 13.1 Å². The van der Waals surface area contributed by atoms with Crippen molar-refractivity contribution in [2.45, 2.75) is 39.2 Å². The predicted octanol–water partition coefficient (Wildman–Crippen LogP) is 2.73. The Balaban J connectivity index is 2.06. The van der Waals surface area contributed by atoms with Crippen molar-refractivity contribution >= 4 is 5.82 Å². The highest BCUT2D eigenvalue weighted by atomic mass is 15.2. The third-order valence-corrected chi connectivity index (χ3v) is 3.72. The molecule has 1 aliphatic heterocycles. The highest BCUT2D eigenvalue weighted by molar-refractivity contribution is 5.40. The molecule has 0 radical (unpaired) electrons. The molecule has 1 aliphatic rings. The zero-order chi connectivity index (χ0) is 12.3. The molecule has 94 valence electrons. The van der Waals surface area contributed by atoms with Crippen molar-refractivity contribution < 1.29 is 0 Å². The van der Waals surface area contributed by atoms with Gasteiger partial charge in [-0.2, -0.15) is 0 Å². The van der Waals surface area contributed by atoms with Crippen LogP contribution in [0.15, 0.2) is 18.3 Å². The summed E-state index contributed by atoms with van der Waals surface area (Å²) in [6.45, 7) is 6.56. The second-order valence-corrected chi connectivity index (χ2v) is 5.10. The molecule has 17 heavy (non-hydrogen) atoms. The van der Waals surface area contributed by atoms with Gasteiger partial charge < -0.3 is 10.6 Å². The SMILES string of the molecule is CCC1CCCN(c2ccc(C(C)N)cn2)C1. The average Bonchev–Trinajstić information content (AvgIpc) is 2.39. The Kier molecular flexibility index (Phi) is 4.00. The molecule has 0 amide bonds. The van der Waals surface area contributed by atoms with E-state index in [2.05, 4.69) is 28.9 Å². The molecular formula is C14H23N3. The van der Waals surface area contributed by atoms with Crippen molar-refractivity contribution in [1.29, 1.82) is 0 Å². The van der Waals surface area contributed by atoms with Crippen LogP contribution >= 0.6 is 0 Å². The lowest BCUT2D eigenvalue weighted by Crippen LogP contribution is -2.35. The van der Waals surface area contributed by atoms with Crippen LogP contribution in [-0.4, -0.2) is 18.1 Å². The second kappa shape index (κ2) is 5.50. The quantitative estimate of drug-likeness (QED) is 0.873. The highest BCUT2D eigenvalue weighted by Gasteiger charge is 2.19. The van der Waals surface area contributed by atoms with Crippen molar-refractivity contribution in [3.05, 3.63) is 23.9 Å². The monoisotopic (exact) mass is 233 g/mol. The topological polar surface area (TPSA) is 42.1 Å². The first-order chi connectivity index (χ1) is 8.20. The van der Waals surface area contributed by atoms with Crippen LogP contribution in [0.1, 0.15) is 44.7 Å². The minimum atomic E-state index is 0.0706. The molecular weight excluding hydrogens is 210 g/mol. The third kappa shape index (κ3) is 2.97. The van der Waals surface area contributed by atoms with Gasteiger partial charge in [-0.05, 0) is 37.3 Å². The summed E-state index contributed by atoms with van der Waals surface area (Å²) in [5.74, 6) is 1.94. The molecule has 0 saturated carbocycles. The molecule has 0 aliphatic carbocycles. The van der Waals surface area contributed by atoms with Crippen LogP contribution in [-0.2, 0) is 0 Å². The number of hydrogen-bond acceptors (Lipinski definition) is 3. The van der Waals surface area contributed by atoms with E-state index in [1.165, 1.54) is 19.3 Å². The number of piperidine rings is 1. The van der Waals surface area contributed by atoms with E-state index >= 15 is 0 Å². The van der Waals surface area contributed by atoms with Gasteiger partial charge in [0.25, 0.3) is 0 Å². The summed E-state index contributed by atoms with van der Waals surface area (Å²) in [5, 5.41) is 0. The number of rotatable bonds is 3. The van der Waals surface area contributed by atoms with Crippen molar-refractivity contribution in [2.24, 2.45) is 11.7 Å². The third-order valence-electron chi connectivity index (χ3n) is 3.72. The van der Waals surface area contributed by atoms with E-state index in [1.54, 1.807) is 0 Å². The molecule has 1 saturated heterocycles. The van der Waals surface area contributed by atoms with Gasteiger partial charge in [-0.1, -0.05) is 19.4 Å². The van der Waals surface area contributed by atoms with Gasteiger partial charge in [-0.15, -0.1) is 0 Å². The largest absolute Gasteiger partial charge is 0.356 e. The van der Waals surface area contributed by atoms with Gasteiger partial charge in [-0.25, -0.2) is 4.98 Å². The van der Waals surface area contributed by atoms with Crippen LogP contribution in [0.4, 0.5) is 5.82 Å². The van der Waals surface area contributed by atoms with Gasteiger partial charge in [0.1, 0.15) is 5.82 Å². The zero-order valence-electron chi connectivity index (χ0n) is 10.9. The lowest BCUT2D eigenvalue weighted by Gasteiger charge is -2.33. The van der Waals surface area contributed by atoms with Crippen LogP contribution in [0.3, 0.4) is 0 Å². The van der Waals surface area contributed by atoms with Gasteiger partial charge in [-0.3, -0.25) is 0 Å². The molecule has 0 aromatic carbocycles. The van der Waals surface area contributed by atoms with Crippen molar-refractivity contribution in [2.75, 3.05) is 18.0 Å². The van der Waals surface area contributed by atoms with Gasteiger partial charge in [0.2, 0.25) is 0 Å². The number of anilines is 1. The van der Waals surface area contributed by atoms with Gasteiger partial charge in [0.05, 0.1) is 0 Å². The first-order valence-corrected chi connectivity index (χ1v) is 6.67.